The molecule has 2 heterocycles. The second-order valence-corrected chi connectivity index (χ2v) is 13.2. The molecule has 2 aliphatic heterocycles. The van der Waals surface area contributed by atoms with Crippen LogP contribution in [0.4, 0.5) is 17.1 Å². The minimum Gasteiger partial charge on any atom is -0.481 e. The number of nitriles is 1. The smallest absolute Gasteiger partial charge is 0.309 e. The van der Waals surface area contributed by atoms with E-state index in [0.717, 1.165) is 66.0 Å². The molecular weight excluding hydrogens is 608 g/mol. The lowest BCUT2D eigenvalue weighted by molar-refractivity contribution is -0.436. The predicted molar refractivity (Wildman–Crippen MR) is 186 cm³/mol. The Morgan fingerprint density at radius 3 is 2.58 bits per heavy atom. The van der Waals surface area contributed by atoms with Crippen LogP contribution in [0.2, 0.25) is 0 Å². The van der Waals surface area contributed by atoms with E-state index in [9.17, 15) is 30.1 Å². The van der Waals surface area contributed by atoms with Crippen molar-refractivity contribution in [1.82, 2.24) is 0 Å². The summed E-state index contributed by atoms with van der Waals surface area (Å²) in [5, 5.41) is 31.4. The number of fused-ring (bicyclic) bond motifs is 2. The number of non-ortho nitro benzene ring substituents is 1. The molecule has 2 aliphatic rings. The standard InChI is InChI=1S/C38H44N4O6/c1-6-7-8-9-19-38(5)31-23-27(2)10-14-33(31)40(20-18-36(44)45)35(38)17-12-28(25-39)11-16-34-37(3,4)30-24-29(42(46)47)13-15-32(30)41(34)21-22-48-26-43/h10-17,23-24,26H,6-9,18-22H2,1-5H3/p+1. The number of anilines is 1. The highest BCUT2D eigenvalue weighted by molar-refractivity contribution is 6.03. The van der Waals surface area contributed by atoms with Gasteiger partial charge in [-0.3, -0.25) is 19.7 Å². The molecule has 0 radical (unpaired) electrons. The molecule has 0 fully saturated rings. The molecule has 0 aliphatic carbocycles. The van der Waals surface area contributed by atoms with Gasteiger partial charge in [-0.25, -0.2) is 0 Å². The van der Waals surface area contributed by atoms with Gasteiger partial charge in [0.2, 0.25) is 5.69 Å². The van der Waals surface area contributed by atoms with Gasteiger partial charge >= 0.3 is 5.97 Å². The molecule has 1 atom stereocenters. The number of nitrogens with zero attached hydrogens (tertiary/aromatic N) is 4. The summed E-state index contributed by atoms with van der Waals surface area (Å²) in [5.74, 6) is -0.874. The summed E-state index contributed by atoms with van der Waals surface area (Å²) in [7, 11) is 0. The van der Waals surface area contributed by atoms with Gasteiger partial charge in [0.15, 0.2) is 12.3 Å². The lowest BCUT2D eigenvalue weighted by Gasteiger charge is -2.26. The van der Waals surface area contributed by atoms with Crippen molar-refractivity contribution in [2.24, 2.45) is 0 Å². The molecule has 0 bridgehead atoms. The molecular formula is C38H45N4O6+. The number of carbonyl (C=O) groups excluding carboxylic acids is 1. The quantitative estimate of drug-likeness (QED) is 0.0373. The first-order valence-corrected chi connectivity index (χ1v) is 16.5. The van der Waals surface area contributed by atoms with Crippen LogP contribution >= 0.6 is 0 Å². The molecule has 0 spiro atoms. The minimum atomic E-state index is -0.874. The van der Waals surface area contributed by atoms with Crippen LogP contribution in [-0.2, 0) is 25.2 Å². The zero-order valence-corrected chi connectivity index (χ0v) is 28.5. The van der Waals surface area contributed by atoms with E-state index in [1.165, 1.54) is 11.6 Å². The van der Waals surface area contributed by atoms with Crippen LogP contribution in [-0.4, -0.2) is 52.5 Å². The number of hydrogen-bond donors (Lipinski definition) is 1. The van der Waals surface area contributed by atoms with Crippen molar-refractivity contribution in [2.75, 3.05) is 24.6 Å². The fourth-order valence-corrected chi connectivity index (χ4v) is 6.96. The Morgan fingerprint density at radius 2 is 1.92 bits per heavy atom. The second-order valence-electron chi connectivity index (χ2n) is 13.2. The second kappa shape index (κ2) is 15.2. The summed E-state index contributed by atoms with van der Waals surface area (Å²) in [5.41, 5.74) is 5.95. The summed E-state index contributed by atoms with van der Waals surface area (Å²) < 4.78 is 7.08. The Bertz CT molecular complexity index is 1750. The number of nitro groups is 1. The number of carboxylic acids is 1. The first-order valence-electron chi connectivity index (χ1n) is 16.5. The highest BCUT2D eigenvalue weighted by Gasteiger charge is 2.47. The zero-order valence-electron chi connectivity index (χ0n) is 28.5. The normalized spacial score (nSPS) is 19.0. The number of rotatable bonds is 16. The largest absolute Gasteiger partial charge is 0.481 e. The number of benzene rings is 2. The van der Waals surface area contributed by atoms with Crippen LogP contribution in [0.3, 0.4) is 0 Å². The van der Waals surface area contributed by atoms with Gasteiger partial charge in [0.1, 0.15) is 13.0 Å². The maximum Gasteiger partial charge on any atom is 0.309 e. The number of nitro benzene ring substituents is 1. The molecule has 0 aromatic heterocycles. The first-order chi connectivity index (χ1) is 22.9. The van der Waals surface area contributed by atoms with Gasteiger partial charge < -0.3 is 14.7 Å². The maximum atomic E-state index is 11.7. The van der Waals surface area contributed by atoms with E-state index >= 15 is 0 Å². The van der Waals surface area contributed by atoms with Gasteiger partial charge in [0.05, 0.1) is 28.5 Å². The number of ether oxygens (including phenoxy) is 1. The average Bonchev–Trinajstić information content (AvgIpc) is 3.41. The minimum absolute atomic E-state index is 0.0154. The molecule has 48 heavy (non-hydrogen) atoms. The van der Waals surface area contributed by atoms with Crippen molar-refractivity contribution in [2.45, 2.75) is 84.0 Å². The number of carboxylic acid groups (broad SMARTS) is 1. The van der Waals surface area contributed by atoms with Crippen molar-refractivity contribution >= 4 is 35.2 Å². The van der Waals surface area contributed by atoms with Crippen LogP contribution in [0, 0.1) is 28.4 Å². The number of allylic oxidation sites excluding steroid dienone is 6. The summed E-state index contributed by atoms with van der Waals surface area (Å²) in [6.45, 7) is 11.5. The lowest BCUT2D eigenvalue weighted by atomic mass is 9.74. The molecule has 10 heteroatoms. The molecule has 0 amide bonds. The third-order valence-electron chi connectivity index (χ3n) is 9.53. The predicted octanol–water partition coefficient (Wildman–Crippen LogP) is 7.57. The summed E-state index contributed by atoms with van der Waals surface area (Å²) in [4.78, 5) is 35.7. The van der Waals surface area contributed by atoms with E-state index < -0.39 is 16.3 Å². The summed E-state index contributed by atoms with van der Waals surface area (Å²) in [6, 6.07) is 13.3. The van der Waals surface area contributed by atoms with E-state index in [1.54, 1.807) is 24.3 Å². The molecule has 0 saturated heterocycles. The molecule has 1 unspecified atom stereocenters. The number of aliphatic carboxylic acids is 1. The molecule has 252 valence electrons. The number of carbonyl (C=O) groups is 2. The topological polar surface area (TPSA) is 137 Å². The van der Waals surface area contributed by atoms with Gasteiger partial charge in [-0.1, -0.05) is 58.1 Å². The molecule has 4 rings (SSSR count). The van der Waals surface area contributed by atoms with E-state index in [2.05, 4.69) is 43.5 Å². The Balaban J connectivity index is 1.78. The van der Waals surface area contributed by atoms with Crippen LogP contribution < -0.4 is 4.90 Å². The van der Waals surface area contributed by atoms with E-state index in [0.29, 0.717) is 25.1 Å². The third kappa shape index (κ3) is 7.41. The fourth-order valence-electron chi connectivity index (χ4n) is 6.96. The third-order valence-corrected chi connectivity index (χ3v) is 9.53. The fraction of sp³-hybridized carbons (Fsp3) is 0.421. The van der Waals surface area contributed by atoms with Crippen LogP contribution in [0.1, 0.15) is 82.9 Å². The van der Waals surface area contributed by atoms with Crippen molar-refractivity contribution in [3.8, 4) is 6.07 Å². The van der Waals surface area contributed by atoms with Crippen LogP contribution in [0.5, 0.6) is 0 Å². The van der Waals surface area contributed by atoms with Crippen LogP contribution in [0.15, 0.2) is 72.0 Å². The maximum absolute atomic E-state index is 11.7. The average molecular weight is 654 g/mol. The van der Waals surface area contributed by atoms with Gasteiger partial charge in [-0.2, -0.15) is 9.84 Å². The lowest BCUT2D eigenvalue weighted by Crippen LogP contribution is -2.32. The van der Waals surface area contributed by atoms with Crippen molar-refractivity contribution in [3.05, 3.63) is 98.8 Å². The van der Waals surface area contributed by atoms with Crippen LogP contribution in [0.25, 0.3) is 0 Å². The van der Waals surface area contributed by atoms with Crippen molar-refractivity contribution < 1.29 is 28.9 Å². The SMILES string of the molecule is CCCCCCC1(C)C(/C=C/C(C#N)=C/C=C2/N(CCOC=O)c3ccc([N+](=O)[O-])cc3C2(C)C)=[N+](CCC(=O)O)c2ccc(C)cc21. The van der Waals surface area contributed by atoms with E-state index in [-0.39, 0.29) is 24.1 Å². The molecule has 2 aromatic carbocycles. The van der Waals surface area contributed by atoms with E-state index in [1.807, 2.05) is 37.0 Å². The highest BCUT2D eigenvalue weighted by Crippen LogP contribution is 2.49. The van der Waals surface area contributed by atoms with Crippen molar-refractivity contribution in [1.29, 1.82) is 5.26 Å². The summed E-state index contributed by atoms with van der Waals surface area (Å²) >= 11 is 0. The Labute approximate surface area is 282 Å². The number of aryl methyl sites for hydroxylation is 1. The van der Waals surface area contributed by atoms with Gasteiger partial charge in [-0.15, -0.1) is 0 Å². The number of hydrogen-bond acceptors (Lipinski definition) is 7. The first kappa shape index (κ1) is 35.8. The molecule has 10 nitrogen and oxygen atoms in total. The Kier molecular flexibility index (Phi) is 11.4. The van der Waals surface area contributed by atoms with Gasteiger partial charge in [0, 0.05) is 46.6 Å². The monoisotopic (exact) mass is 653 g/mol. The summed E-state index contributed by atoms with van der Waals surface area (Å²) in [6.07, 6.45) is 12.6. The molecule has 2 aromatic rings. The Morgan fingerprint density at radius 1 is 1.15 bits per heavy atom. The molecule has 1 N–H and O–H groups in total. The van der Waals surface area contributed by atoms with Gasteiger partial charge in [-0.05, 0) is 56.2 Å². The van der Waals surface area contributed by atoms with Crippen molar-refractivity contribution in [3.63, 3.8) is 0 Å². The Hall–Kier alpha value is -5.04. The van der Waals surface area contributed by atoms with E-state index in [4.69, 9.17) is 4.74 Å². The number of unbranched alkanes of at least 4 members (excludes halogenated alkanes) is 3. The highest BCUT2D eigenvalue weighted by atomic mass is 16.6. The molecule has 0 saturated carbocycles. The van der Waals surface area contributed by atoms with Gasteiger partial charge in [0.25, 0.3) is 12.2 Å². The zero-order chi connectivity index (χ0) is 35.1.